The predicted molar refractivity (Wildman–Crippen MR) is 425 cm³/mol. The second kappa shape index (κ2) is 43.1. The zero-order valence-corrected chi connectivity index (χ0v) is 67.3. The van der Waals surface area contributed by atoms with Crippen molar-refractivity contribution in [3.05, 3.63) is 203 Å². The number of halogens is 3. The van der Waals surface area contributed by atoms with Crippen molar-refractivity contribution in [3.8, 4) is 34.5 Å². The summed E-state index contributed by atoms with van der Waals surface area (Å²) in [6, 6.07) is 45.7. The number of hydrogen-bond acceptors (Lipinski definition) is 17. The minimum Gasteiger partial charge on any atom is -0.493 e. The topological polar surface area (TPSA) is 208 Å². The van der Waals surface area contributed by atoms with Gasteiger partial charge < -0.3 is 72.7 Å². The minimum absolute atomic E-state index is 0.0741. The third-order valence-electron chi connectivity index (χ3n) is 20.8. The van der Waals surface area contributed by atoms with E-state index in [2.05, 4.69) is 153 Å². The van der Waals surface area contributed by atoms with Crippen LogP contribution >= 0.6 is 47.8 Å². The summed E-state index contributed by atoms with van der Waals surface area (Å²) in [4.78, 5) is 7.65. The number of nitrogens with zero attached hydrogens (tertiary/aromatic N) is 3. The maximum atomic E-state index is 10.4. The van der Waals surface area contributed by atoms with E-state index in [1.807, 2.05) is 18.2 Å². The van der Waals surface area contributed by atoms with Crippen LogP contribution in [0.5, 0.6) is 34.5 Å². The Hall–Kier alpha value is -5.67. The molecule has 6 heterocycles. The van der Waals surface area contributed by atoms with Crippen LogP contribution < -0.4 is 28.4 Å². The fourth-order valence-corrected chi connectivity index (χ4v) is 16.1. The average Bonchev–Trinajstić information content (AvgIpc) is 0.824. The van der Waals surface area contributed by atoms with E-state index in [4.69, 9.17) is 47.2 Å². The number of piperidine rings is 3. The Balaban J connectivity index is 0.000000159. The largest absolute Gasteiger partial charge is 0.493 e. The zero-order chi connectivity index (χ0) is 74.6. The molecule has 18 nitrogen and oxygen atoms in total. The van der Waals surface area contributed by atoms with E-state index < -0.39 is 10.1 Å². The smallest absolute Gasteiger partial charge is 0.294 e. The van der Waals surface area contributed by atoms with Gasteiger partial charge in [-0.05, 0) is 300 Å². The van der Waals surface area contributed by atoms with E-state index in [0.717, 1.165) is 180 Å². The summed E-state index contributed by atoms with van der Waals surface area (Å²) in [6.45, 7) is 15.4. The highest BCUT2D eigenvalue weighted by Gasteiger charge is 2.27. The summed E-state index contributed by atoms with van der Waals surface area (Å²) in [5, 5.41) is 30.7. The van der Waals surface area contributed by atoms with E-state index in [0.29, 0.717) is 78.7 Å². The number of methoxy groups -OCH3 is 3. The lowest BCUT2D eigenvalue weighted by molar-refractivity contribution is 0.115. The van der Waals surface area contributed by atoms with Crippen molar-refractivity contribution in [1.82, 2.24) is 14.7 Å². The first kappa shape index (κ1) is 82.8. The first-order valence-corrected chi connectivity index (χ1v) is 41.5. The van der Waals surface area contributed by atoms with Crippen LogP contribution in [0.1, 0.15) is 126 Å². The average molecular weight is 1670 g/mol. The molecule has 3 fully saturated rings. The van der Waals surface area contributed by atoms with E-state index in [1.165, 1.54) is 84.0 Å². The van der Waals surface area contributed by atoms with Crippen LogP contribution in [0.3, 0.4) is 0 Å². The Morgan fingerprint density at radius 1 is 0.387 bits per heavy atom. The van der Waals surface area contributed by atoms with Crippen LogP contribution in [-0.2, 0) is 62.9 Å². The van der Waals surface area contributed by atoms with Gasteiger partial charge in [-0.2, -0.15) is 8.42 Å². The quantitative estimate of drug-likeness (QED) is 0.0266. The fraction of sp³-hybridized carbons (Fsp3) is 0.500. The van der Waals surface area contributed by atoms with Gasteiger partial charge in [0.1, 0.15) is 54.3 Å². The van der Waals surface area contributed by atoms with Crippen molar-refractivity contribution in [2.75, 3.05) is 140 Å². The summed E-state index contributed by atoms with van der Waals surface area (Å²) in [5.74, 6) is 7.38. The van der Waals surface area contributed by atoms with Crippen LogP contribution in [0, 0.1) is 17.8 Å². The van der Waals surface area contributed by atoms with E-state index in [9.17, 15) is 23.7 Å². The highest BCUT2D eigenvalue weighted by Crippen LogP contribution is 2.38. The highest BCUT2D eigenvalue weighted by atomic mass is 79.9. The van der Waals surface area contributed by atoms with Crippen LogP contribution in [0.25, 0.3) is 0 Å². The molecule has 7 aromatic carbocycles. The van der Waals surface area contributed by atoms with Crippen molar-refractivity contribution in [3.63, 3.8) is 0 Å². The minimum atomic E-state index is -4.00. The monoisotopic (exact) mass is 1670 g/mol. The Morgan fingerprint density at radius 2 is 0.679 bits per heavy atom. The van der Waals surface area contributed by atoms with Gasteiger partial charge in [-0.3, -0.25) is 4.55 Å². The van der Waals surface area contributed by atoms with Gasteiger partial charge in [0.2, 0.25) is 0 Å². The third kappa shape index (κ3) is 26.3. The molecule has 13 rings (SSSR count). The molecule has 0 amide bonds. The summed E-state index contributed by atoms with van der Waals surface area (Å²) >= 11 is 10.7. The lowest BCUT2D eigenvalue weighted by atomic mass is 9.90. The van der Waals surface area contributed by atoms with Gasteiger partial charge in [-0.1, -0.05) is 54.6 Å². The molecule has 0 aliphatic carbocycles. The van der Waals surface area contributed by atoms with Gasteiger partial charge in [0, 0.05) is 76.9 Å². The Labute approximate surface area is 653 Å². The summed E-state index contributed by atoms with van der Waals surface area (Å²) < 4.78 is 81.9. The molecule has 6 aliphatic heterocycles. The molecular formula is C84H108Br3N3O15S. The highest BCUT2D eigenvalue weighted by molar-refractivity contribution is 9.11. The van der Waals surface area contributed by atoms with E-state index >= 15 is 0 Å². The van der Waals surface area contributed by atoms with Crippen molar-refractivity contribution in [2.45, 2.75) is 120 Å². The molecule has 3 unspecified atom stereocenters. The number of benzene rings is 7. The second-order valence-corrected chi connectivity index (χ2v) is 32.4. The molecule has 0 bridgehead atoms. The molecule has 22 heteroatoms. The van der Waals surface area contributed by atoms with Crippen LogP contribution in [-0.4, -0.2) is 183 Å². The second-order valence-electron chi connectivity index (χ2n) is 28.4. The molecule has 0 spiro atoms. The van der Waals surface area contributed by atoms with Gasteiger partial charge in [0.05, 0.1) is 76.3 Å². The maximum Gasteiger partial charge on any atom is 0.294 e. The molecule has 3 saturated heterocycles. The standard InChI is InChI=1S/3C26H34BrNO4.C6H6O3S/c3*1-30-14-15-32-26-18-21(2-4-23(26)27)16-20-7-11-28(12-8-20)10-6-19-3-5-25-22(17-19)24(29)9-13-31-25;7-10(8,9)6-4-2-1-3-5-6/h3*2-5,17-18,20,24,29H,6-16H2,1H3;1-5H,(H,7,8,9). The number of rotatable bonds is 28. The SMILES string of the molecule is COCCOc1cc(CC2CCN(CCc3ccc4c(c3)C(O)CCO4)CC2)ccc1Br.COCCOc1cc(CC2CCN(CCc3ccc4c(c3)C(O)CCO4)CC2)ccc1Br.COCCOc1cc(CC2CCN(CCc3ccc4c(c3)C(O)CCO4)CC2)ccc1Br.O=S(=O)(O)c1ccccc1. The molecule has 576 valence electrons. The number of aliphatic hydroxyl groups is 3. The number of hydrogen-bond donors (Lipinski definition) is 4. The van der Waals surface area contributed by atoms with Gasteiger partial charge in [0.25, 0.3) is 10.1 Å². The summed E-state index contributed by atoms with van der Waals surface area (Å²) in [5.41, 5.74) is 10.7. The molecule has 0 radical (unpaired) electrons. The van der Waals surface area contributed by atoms with Crippen molar-refractivity contribution in [1.29, 1.82) is 0 Å². The molecule has 4 N–H and O–H groups in total. The van der Waals surface area contributed by atoms with Gasteiger partial charge in [0.15, 0.2) is 0 Å². The zero-order valence-electron chi connectivity index (χ0n) is 61.7. The van der Waals surface area contributed by atoms with Crippen LogP contribution in [0.15, 0.2) is 158 Å². The van der Waals surface area contributed by atoms with E-state index in [1.54, 1.807) is 39.5 Å². The molecular weight excluding hydrogens is 1560 g/mol. The van der Waals surface area contributed by atoms with E-state index in [-0.39, 0.29) is 23.2 Å². The van der Waals surface area contributed by atoms with Gasteiger partial charge >= 0.3 is 0 Å². The Bertz CT molecular complexity index is 3580. The summed E-state index contributed by atoms with van der Waals surface area (Å²) in [7, 11) is 1.06. The Kier molecular flexibility index (Phi) is 33.6. The van der Waals surface area contributed by atoms with Gasteiger partial charge in [-0.25, -0.2) is 0 Å². The van der Waals surface area contributed by atoms with Crippen LogP contribution in [0.2, 0.25) is 0 Å². The van der Waals surface area contributed by atoms with Crippen molar-refractivity contribution in [2.24, 2.45) is 17.8 Å². The molecule has 106 heavy (non-hydrogen) atoms. The number of aliphatic hydroxyl groups excluding tert-OH is 3. The molecule has 3 atom stereocenters. The third-order valence-corrected chi connectivity index (χ3v) is 23.6. The lowest BCUT2D eigenvalue weighted by Gasteiger charge is -2.32. The maximum absolute atomic E-state index is 10.4. The molecule has 0 saturated carbocycles. The number of fused-ring (bicyclic) bond motifs is 3. The molecule has 6 aliphatic rings. The molecule has 0 aromatic heterocycles. The Morgan fingerprint density at radius 3 is 0.953 bits per heavy atom. The normalized spacial score (nSPS) is 18.6. The van der Waals surface area contributed by atoms with Crippen molar-refractivity contribution < 1.29 is 70.9 Å². The predicted octanol–water partition coefficient (Wildman–Crippen LogP) is 15.3. The first-order chi connectivity index (χ1) is 51.5. The number of likely N-dealkylation sites (tertiary alicyclic amines) is 3. The van der Waals surface area contributed by atoms with Crippen LogP contribution in [0.4, 0.5) is 0 Å². The lowest BCUT2D eigenvalue weighted by Crippen LogP contribution is -2.35. The number of ether oxygens (including phenoxy) is 9. The first-order valence-electron chi connectivity index (χ1n) is 37.7. The van der Waals surface area contributed by atoms with Gasteiger partial charge in [-0.15, -0.1) is 0 Å². The van der Waals surface area contributed by atoms with Crippen molar-refractivity contribution >= 4 is 57.9 Å². The fourth-order valence-electron chi connectivity index (χ4n) is 14.5. The summed E-state index contributed by atoms with van der Waals surface area (Å²) in [6.07, 6.45) is 14.6. The molecule has 7 aromatic rings.